The summed E-state index contributed by atoms with van der Waals surface area (Å²) in [6.45, 7) is 5.05. The largest absolute Gasteiger partial charge is 0.378 e. The van der Waals surface area contributed by atoms with E-state index in [1.807, 2.05) is 17.2 Å². The fourth-order valence-electron chi connectivity index (χ4n) is 4.83. The smallest absolute Gasteiger partial charge is 0.128 e. The molecule has 0 bridgehead atoms. The molecule has 0 amide bonds. The first-order chi connectivity index (χ1) is 15.7. The molecule has 1 aromatic carbocycles. The molecule has 0 spiro atoms. The lowest BCUT2D eigenvalue weighted by atomic mass is 10.0. The standard InChI is InChI=1S/C24H28FN5OS/c25-17-5-8-30(13-17)23-4-1-16(12-26-23)24-28-21-3-2-20(11-22(21)32-24)29-9-6-18(7-10-29)27-19-14-31-15-19/h1-4,11-12,17-19,27H,5-10,13-15H2. The van der Waals surface area contributed by atoms with Crippen LogP contribution in [0.25, 0.3) is 20.8 Å². The van der Waals surface area contributed by atoms with Crippen molar-refractivity contribution in [3.05, 3.63) is 36.5 Å². The van der Waals surface area contributed by atoms with E-state index in [0.29, 0.717) is 25.0 Å². The lowest BCUT2D eigenvalue weighted by Crippen LogP contribution is -2.53. The Balaban J connectivity index is 1.14. The van der Waals surface area contributed by atoms with Crippen LogP contribution in [-0.2, 0) is 4.74 Å². The van der Waals surface area contributed by atoms with Crippen LogP contribution in [0.15, 0.2) is 36.5 Å². The monoisotopic (exact) mass is 453 g/mol. The van der Waals surface area contributed by atoms with Gasteiger partial charge in [-0.25, -0.2) is 14.4 Å². The second-order valence-electron chi connectivity index (χ2n) is 9.07. The Morgan fingerprint density at radius 2 is 1.84 bits per heavy atom. The number of nitrogens with zero attached hydrogens (tertiary/aromatic N) is 4. The predicted molar refractivity (Wildman–Crippen MR) is 128 cm³/mol. The molecule has 2 aromatic heterocycles. The zero-order valence-electron chi connectivity index (χ0n) is 18.0. The van der Waals surface area contributed by atoms with Gasteiger partial charge in [0.1, 0.15) is 17.0 Å². The number of anilines is 2. The van der Waals surface area contributed by atoms with Gasteiger partial charge in [-0.2, -0.15) is 0 Å². The number of benzene rings is 1. The Bertz CT molecular complexity index is 1080. The average Bonchev–Trinajstić information content (AvgIpc) is 3.42. The van der Waals surface area contributed by atoms with Crippen molar-refractivity contribution < 1.29 is 9.13 Å². The Labute approximate surface area is 191 Å². The lowest BCUT2D eigenvalue weighted by Gasteiger charge is -2.37. The highest BCUT2D eigenvalue weighted by Gasteiger charge is 2.26. The van der Waals surface area contributed by atoms with Crippen molar-refractivity contribution in [2.45, 2.75) is 37.5 Å². The van der Waals surface area contributed by atoms with Crippen LogP contribution < -0.4 is 15.1 Å². The summed E-state index contributed by atoms with van der Waals surface area (Å²) in [4.78, 5) is 13.9. The maximum absolute atomic E-state index is 13.5. The first-order valence-corrected chi connectivity index (χ1v) is 12.4. The lowest BCUT2D eigenvalue weighted by molar-refractivity contribution is -0.0111. The van der Waals surface area contributed by atoms with Gasteiger partial charge >= 0.3 is 0 Å². The highest BCUT2D eigenvalue weighted by molar-refractivity contribution is 7.21. The Kier molecular flexibility index (Phi) is 5.45. The summed E-state index contributed by atoms with van der Waals surface area (Å²) in [5, 5.41) is 4.69. The van der Waals surface area contributed by atoms with Gasteiger partial charge in [-0.3, -0.25) is 0 Å². The highest BCUT2D eigenvalue weighted by atomic mass is 32.1. The molecule has 0 radical (unpaired) electrons. The average molecular weight is 454 g/mol. The van der Waals surface area contributed by atoms with Crippen molar-refractivity contribution in [3.8, 4) is 10.6 Å². The number of alkyl halides is 1. The molecule has 32 heavy (non-hydrogen) atoms. The van der Waals surface area contributed by atoms with Gasteiger partial charge in [0.05, 0.1) is 36.0 Å². The van der Waals surface area contributed by atoms with E-state index in [2.05, 4.69) is 39.5 Å². The van der Waals surface area contributed by atoms with Gasteiger partial charge < -0.3 is 19.9 Å². The molecule has 3 fully saturated rings. The summed E-state index contributed by atoms with van der Waals surface area (Å²) in [5.41, 5.74) is 3.32. The van der Waals surface area contributed by atoms with Crippen molar-refractivity contribution in [3.63, 3.8) is 0 Å². The van der Waals surface area contributed by atoms with Gasteiger partial charge in [-0.15, -0.1) is 11.3 Å². The second kappa shape index (κ2) is 8.57. The van der Waals surface area contributed by atoms with Gasteiger partial charge in [0.2, 0.25) is 0 Å². The third-order valence-electron chi connectivity index (χ3n) is 6.79. The number of piperidine rings is 1. The molecular weight excluding hydrogens is 425 g/mol. The molecule has 6 rings (SSSR count). The summed E-state index contributed by atoms with van der Waals surface area (Å²) in [6.07, 6.45) is 4.05. The molecule has 5 heterocycles. The quantitative estimate of drug-likeness (QED) is 0.633. The summed E-state index contributed by atoms with van der Waals surface area (Å²) in [7, 11) is 0. The van der Waals surface area contributed by atoms with Gasteiger partial charge in [0, 0.05) is 43.1 Å². The molecule has 3 aromatic rings. The number of thiazole rings is 1. The fraction of sp³-hybridized carbons (Fsp3) is 0.500. The molecule has 1 atom stereocenters. The SMILES string of the molecule is FC1CCN(c2ccc(-c3nc4ccc(N5CCC(NC6COC6)CC5)cc4s3)cn2)C1. The van der Waals surface area contributed by atoms with E-state index in [4.69, 9.17) is 9.72 Å². The molecule has 0 aliphatic carbocycles. The van der Waals surface area contributed by atoms with Crippen LogP contribution in [0, 0.1) is 0 Å². The maximum Gasteiger partial charge on any atom is 0.128 e. The number of halogens is 1. The van der Waals surface area contributed by atoms with E-state index < -0.39 is 6.17 Å². The molecule has 0 saturated carbocycles. The molecular formula is C24H28FN5OS. The Morgan fingerprint density at radius 1 is 1.00 bits per heavy atom. The van der Waals surface area contributed by atoms with E-state index in [0.717, 1.165) is 54.8 Å². The minimum absolute atomic E-state index is 0.443. The van der Waals surface area contributed by atoms with Crippen molar-refractivity contribution in [2.75, 3.05) is 49.2 Å². The van der Waals surface area contributed by atoms with Crippen molar-refractivity contribution in [1.82, 2.24) is 15.3 Å². The summed E-state index contributed by atoms with van der Waals surface area (Å²) in [6, 6.07) is 11.8. The van der Waals surface area contributed by atoms with Crippen LogP contribution in [0.3, 0.4) is 0 Å². The number of fused-ring (bicyclic) bond motifs is 1. The molecule has 1 unspecified atom stereocenters. The first-order valence-electron chi connectivity index (χ1n) is 11.6. The highest BCUT2D eigenvalue weighted by Crippen LogP contribution is 2.34. The third kappa shape index (κ3) is 4.07. The zero-order valence-corrected chi connectivity index (χ0v) is 18.9. The minimum Gasteiger partial charge on any atom is -0.378 e. The molecule has 3 saturated heterocycles. The Morgan fingerprint density at radius 3 is 2.53 bits per heavy atom. The van der Waals surface area contributed by atoms with Crippen LogP contribution in [0.1, 0.15) is 19.3 Å². The van der Waals surface area contributed by atoms with Gasteiger partial charge in [-0.05, 0) is 49.6 Å². The number of rotatable bonds is 5. The van der Waals surface area contributed by atoms with E-state index in [1.165, 1.54) is 23.2 Å². The van der Waals surface area contributed by atoms with Crippen LogP contribution in [0.2, 0.25) is 0 Å². The number of hydrogen-bond donors (Lipinski definition) is 1. The molecule has 8 heteroatoms. The molecule has 3 aliphatic heterocycles. The van der Waals surface area contributed by atoms with Crippen LogP contribution in [0.5, 0.6) is 0 Å². The molecule has 1 N–H and O–H groups in total. The van der Waals surface area contributed by atoms with Crippen LogP contribution in [-0.4, -0.2) is 67.6 Å². The summed E-state index contributed by atoms with van der Waals surface area (Å²) in [5.74, 6) is 0.847. The van der Waals surface area contributed by atoms with E-state index in [9.17, 15) is 4.39 Å². The maximum atomic E-state index is 13.5. The normalized spacial score (nSPS) is 22.6. The minimum atomic E-state index is -0.741. The summed E-state index contributed by atoms with van der Waals surface area (Å²) < 4.78 is 20.0. The third-order valence-corrected chi connectivity index (χ3v) is 7.86. The van der Waals surface area contributed by atoms with Gasteiger partial charge in [-0.1, -0.05) is 0 Å². The van der Waals surface area contributed by atoms with Crippen LogP contribution >= 0.6 is 11.3 Å². The number of pyridine rings is 1. The predicted octanol–water partition coefficient (Wildman–Crippen LogP) is 3.86. The van der Waals surface area contributed by atoms with Crippen molar-refractivity contribution in [1.29, 1.82) is 0 Å². The van der Waals surface area contributed by atoms with Crippen molar-refractivity contribution >= 4 is 33.1 Å². The number of ether oxygens (including phenoxy) is 1. The summed E-state index contributed by atoms with van der Waals surface area (Å²) >= 11 is 1.71. The van der Waals surface area contributed by atoms with E-state index in [1.54, 1.807) is 11.3 Å². The molecule has 6 nitrogen and oxygen atoms in total. The zero-order chi connectivity index (χ0) is 21.5. The molecule has 168 valence electrons. The Hall–Kier alpha value is -2.29. The van der Waals surface area contributed by atoms with Gasteiger partial charge in [0.25, 0.3) is 0 Å². The van der Waals surface area contributed by atoms with Crippen molar-refractivity contribution in [2.24, 2.45) is 0 Å². The topological polar surface area (TPSA) is 53.5 Å². The van der Waals surface area contributed by atoms with Crippen LogP contribution in [0.4, 0.5) is 15.9 Å². The van der Waals surface area contributed by atoms with E-state index >= 15 is 0 Å². The first kappa shape index (κ1) is 20.3. The number of aromatic nitrogens is 2. The number of hydrogen-bond acceptors (Lipinski definition) is 7. The van der Waals surface area contributed by atoms with E-state index in [-0.39, 0.29) is 0 Å². The number of nitrogens with one attached hydrogen (secondary N) is 1. The fourth-order valence-corrected chi connectivity index (χ4v) is 5.82. The molecule has 3 aliphatic rings. The van der Waals surface area contributed by atoms with Gasteiger partial charge in [0.15, 0.2) is 0 Å². The second-order valence-corrected chi connectivity index (χ2v) is 10.1.